The van der Waals surface area contributed by atoms with Crippen molar-refractivity contribution in [1.29, 1.82) is 0 Å². The van der Waals surface area contributed by atoms with Crippen LogP contribution in [-0.4, -0.2) is 38.8 Å². The van der Waals surface area contributed by atoms with Gasteiger partial charge in [0, 0.05) is 35.6 Å². The van der Waals surface area contributed by atoms with Crippen LogP contribution in [0.2, 0.25) is 0 Å². The SMILES string of the molecule is CCc1ccc(C(=O)CSc2nnc(CCCNC(C)=O)n2-c2ccc(Br)cc2)cc1. The Morgan fingerprint density at radius 3 is 2.42 bits per heavy atom. The molecule has 3 aromatic rings. The van der Waals surface area contributed by atoms with Crippen LogP contribution >= 0.6 is 27.7 Å². The van der Waals surface area contributed by atoms with Gasteiger partial charge in [0.15, 0.2) is 10.9 Å². The molecule has 0 saturated carbocycles. The summed E-state index contributed by atoms with van der Waals surface area (Å²) in [6, 6.07) is 15.7. The number of carbonyl (C=O) groups is 2. The Bertz CT molecular complexity index is 1030. The second-order valence-corrected chi connectivity index (χ2v) is 8.92. The van der Waals surface area contributed by atoms with Crippen LogP contribution in [0.5, 0.6) is 0 Å². The van der Waals surface area contributed by atoms with E-state index in [-0.39, 0.29) is 17.4 Å². The van der Waals surface area contributed by atoms with Crippen LogP contribution in [0.4, 0.5) is 0 Å². The molecule has 162 valence electrons. The molecular weight excluding hydrogens is 476 g/mol. The van der Waals surface area contributed by atoms with Gasteiger partial charge in [0.05, 0.1) is 5.75 Å². The average Bonchev–Trinajstić information content (AvgIpc) is 3.18. The summed E-state index contributed by atoms with van der Waals surface area (Å²) in [7, 11) is 0. The monoisotopic (exact) mass is 500 g/mol. The predicted molar refractivity (Wildman–Crippen MR) is 127 cm³/mol. The lowest BCUT2D eigenvalue weighted by Gasteiger charge is -2.10. The fourth-order valence-electron chi connectivity index (χ4n) is 3.06. The fraction of sp³-hybridized carbons (Fsp3) is 0.304. The van der Waals surface area contributed by atoms with E-state index in [0.29, 0.717) is 23.7 Å². The Kier molecular flexibility index (Phi) is 8.43. The molecule has 0 atom stereocenters. The van der Waals surface area contributed by atoms with Crippen molar-refractivity contribution in [3.05, 3.63) is 70.0 Å². The average molecular weight is 501 g/mol. The third kappa shape index (κ3) is 6.51. The molecule has 0 aliphatic rings. The number of halogens is 1. The summed E-state index contributed by atoms with van der Waals surface area (Å²) >= 11 is 4.85. The van der Waals surface area contributed by atoms with Gasteiger partial charge in [-0.3, -0.25) is 14.2 Å². The highest BCUT2D eigenvalue weighted by Crippen LogP contribution is 2.25. The number of ketones is 1. The van der Waals surface area contributed by atoms with E-state index in [1.165, 1.54) is 24.2 Å². The smallest absolute Gasteiger partial charge is 0.216 e. The first-order valence-corrected chi connectivity index (χ1v) is 12.0. The minimum atomic E-state index is -0.0453. The first-order valence-electron chi connectivity index (χ1n) is 10.2. The Morgan fingerprint density at radius 2 is 1.77 bits per heavy atom. The fourth-order valence-corrected chi connectivity index (χ4v) is 4.19. The van der Waals surface area contributed by atoms with Gasteiger partial charge in [-0.2, -0.15) is 0 Å². The number of carbonyl (C=O) groups excluding carboxylic acids is 2. The highest BCUT2D eigenvalue weighted by Gasteiger charge is 2.16. The number of Topliss-reactive ketones (excluding diaryl/α,β-unsaturated/α-hetero) is 1. The van der Waals surface area contributed by atoms with Gasteiger partial charge < -0.3 is 5.32 Å². The van der Waals surface area contributed by atoms with Crippen LogP contribution in [-0.2, 0) is 17.6 Å². The summed E-state index contributed by atoms with van der Waals surface area (Å²) in [5.41, 5.74) is 2.85. The summed E-state index contributed by atoms with van der Waals surface area (Å²) in [4.78, 5) is 23.8. The lowest BCUT2D eigenvalue weighted by atomic mass is 10.1. The lowest BCUT2D eigenvalue weighted by Crippen LogP contribution is -2.21. The van der Waals surface area contributed by atoms with Crippen LogP contribution < -0.4 is 5.32 Å². The van der Waals surface area contributed by atoms with Crippen molar-refractivity contribution in [3.8, 4) is 5.69 Å². The maximum atomic E-state index is 12.7. The first kappa shape index (κ1) is 23.2. The number of nitrogens with one attached hydrogen (secondary N) is 1. The Morgan fingerprint density at radius 1 is 1.06 bits per heavy atom. The molecule has 0 aliphatic heterocycles. The molecule has 2 aromatic carbocycles. The van der Waals surface area contributed by atoms with E-state index in [1.807, 2.05) is 53.1 Å². The van der Waals surface area contributed by atoms with Gasteiger partial charge in [-0.25, -0.2) is 0 Å². The zero-order valence-electron chi connectivity index (χ0n) is 17.6. The highest BCUT2D eigenvalue weighted by atomic mass is 79.9. The van der Waals surface area contributed by atoms with E-state index in [4.69, 9.17) is 0 Å². The molecule has 1 aromatic heterocycles. The Hall–Kier alpha value is -2.45. The Balaban J connectivity index is 1.75. The van der Waals surface area contributed by atoms with Crippen molar-refractivity contribution in [2.45, 2.75) is 38.3 Å². The quantitative estimate of drug-likeness (QED) is 0.249. The van der Waals surface area contributed by atoms with E-state index in [2.05, 4.69) is 38.4 Å². The molecular formula is C23H25BrN4O2S. The second kappa shape index (κ2) is 11.2. The minimum absolute atomic E-state index is 0.0453. The molecule has 0 saturated heterocycles. The van der Waals surface area contributed by atoms with Gasteiger partial charge in [0.25, 0.3) is 0 Å². The summed E-state index contributed by atoms with van der Waals surface area (Å²) in [5, 5.41) is 12.2. The van der Waals surface area contributed by atoms with Crippen molar-refractivity contribution >= 4 is 39.4 Å². The second-order valence-electron chi connectivity index (χ2n) is 7.06. The number of hydrogen-bond donors (Lipinski definition) is 1. The molecule has 8 heteroatoms. The van der Waals surface area contributed by atoms with Crippen molar-refractivity contribution in [2.75, 3.05) is 12.3 Å². The van der Waals surface area contributed by atoms with Crippen molar-refractivity contribution in [2.24, 2.45) is 0 Å². The maximum Gasteiger partial charge on any atom is 0.216 e. The van der Waals surface area contributed by atoms with Gasteiger partial charge in [-0.1, -0.05) is 58.9 Å². The number of rotatable bonds is 10. The molecule has 0 aliphatic carbocycles. The molecule has 0 unspecified atom stereocenters. The number of aryl methyl sites for hydroxylation is 2. The van der Waals surface area contributed by atoms with Crippen molar-refractivity contribution in [1.82, 2.24) is 20.1 Å². The van der Waals surface area contributed by atoms with E-state index in [0.717, 1.165) is 28.8 Å². The van der Waals surface area contributed by atoms with Gasteiger partial charge in [0.2, 0.25) is 5.91 Å². The third-order valence-corrected chi connectivity index (χ3v) is 6.21. The van der Waals surface area contributed by atoms with Crippen molar-refractivity contribution < 1.29 is 9.59 Å². The molecule has 1 heterocycles. The van der Waals surface area contributed by atoms with Crippen molar-refractivity contribution in [3.63, 3.8) is 0 Å². The van der Waals surface area contributed by atoms with E-state index in [1.54, 1.807) is 0 Å². The number of aromatic nitrogens is 3. The summed E-state index contributed by atoms with van der Waals surface area (Å²) < 4.78 is 2.97. The minimum Gasteiger partial charge on any atom is -0.356 e. The van der Waals surface area contributed by atoms with Crippen LogP contribution in [0.1, 0.15) is 42.0 Å². The zero-order chi connectivity index (χ0) is 22.2. The maximum absolute atomic E-state index is 12.7. The molecule has 3 rings (SSSR count). The molecule has 0 fully saturated rings. The standard InChI is InChI=1S/C23H25BrN4O2S/c1-3-17-6-8-18(9-7-17)21(30)15-31-23-27-26-22(5-4-14-25-16(2)29)28(23)20-12-10-19(24)11-13-20/h6-13H,3-5,14-15H2,1-2H3,(H,25,29). The topological polar surface area (TPSA) is 76.9 Å². The normalized spacial score (nSPS) is 10.8. The first-order chi connectivity index (χ1) is 15.0. The molecule has 1 amide bonds. The van der Waals surface area contributed by atoms with Gasteiger partial charge in [-0.05, 0) is 42.7 Å². The lowest BCUT2D eigenvalue weighted by molar-refractivity contribution is -0.118. The largest absolute Gasteiger partial charge is 0.356 e. The van der Waals surface area contributed by atoms with Crippen LogP contribution in [0, 0.1) is 0 Å². The van der Waals surface area contributed by atoms with E-state index < -0.39 is 0 Å². The number of amides is 1. The molecule has 31 heavy (non-hydrogen) atoms. The molecule has 1 N–H and O–H groups in total. The molecule has 6 nitrogen and oxygen atoms in total. The molecule has 0 bridgehead atoms. The van der Waals surface area contributed by atoms with Gasteiger partial charge in [0.1, 0.15) is 5.82 Å². The number of benzene rings is 2. The van der Waals surface area contributed by atoms with E-state index >= 15 is 0 Å². The Labute approximate surface area is 195 Å². The van der Waals surface area contributed by atoms with Gasteiger partial charge in [-0.15, -0.1) is 10.2 Å². The number of hydrogen-bond acceptors (Lipinski definition) is 5. The predicted octanol–water partition coefficient (Wildman–Crippen LogP) is 4.64. The van der Waals surface area contributed by atoms with E-state index in [9.17, 15) is 9.59 Å². The van der Waals surface area contributed by atoms with Gasteiger partial charge >= 0.3 is 0 Å². The highest BCUT2D eigenvalue weighted by molar-refractivity contribution is 9.10. The zero-order valence-corrected chi connectivity index (χ0v) is 20.0. The molecule has 0 radical (unpaired) electrons. The third-order valence-electron chi connectivity index (χ3n) is 4.75. The van der Waals surface area contributed by atoms with Crippen LogP contribution in [0.15, 0.2) is 58.2 Å². The summed E-state index contributed by atoms with van der Waals surface area (Å²) in [6.07, 6.45) is 2.36. The summed E-state index contributed by atoms with van der Waals surface area (Å²) in [5.74, 6) is 1.10. The number of thioether (sulfide) groups is 1. The van der Waals surface area contributed by atoms with Crippen LogP contribution in [0.25, 0.3) is 5.69 Å². The van der Waals surface area contributed by atoms with Crippen LogP contribution in [0.3, 0.4) is 0 Å². The summed E-state index contributed by atoms with van der Waals surface area (Å²) in [6.45, 7) is 4.18. The number of nitrogens with zero attached hydrogens (tertiary/aromatic N) is 3. The molecule has 0 spiro atoms.